The summed E-state index contributed by atoms with van der Waals surface area (Å²) in [7, 11) is 0. The van der Waals surface area contributed by atoms with Crippen LogP contribution in [-0.2, 0) is 24.4 Å². The van der Waals surface area contributed by atoms with E-state index in [9.17, 15) is 14.7 Å². The molecule has 1 N–H and O–H groups in total. The topological polar surface area (TPSA) is 84.7 Å². The molecule has 0 saturated carbocycles. The molecule has 0 bridgehead atoms. The lowest BCUT2D eigenvalue weighted by atomic mass is 10.1. The van der Waals surface area contributed by atoms with Crippen LogP contribution in [0.5, 0.6) is 5.75 Å². The Balaban J connectivity index is 1.42. The van der Waals surface area contributed by atoms with Crippen LogP contribution >= 0.6 is 0 Å². The van der Waals surface area contributed by atoms with Crippen LogP contribution in [0, 0.1) is 0 Å². The Hall–Kier alpha value is -4.23. The fraction of sp³-hybridized carbons (Fsp3) is 0.115. The van der Waals surface area contributed by atoms with Crippen molar-refractivity contribution in [3.8, 4) is 5.75 Å². The smallest absolute Gasteiger partial charge is 0.285 e. The molecule has 2 heterocycles. The second-order valence-corrected chi connectivity index (χ2v) is 7.82. The van der Waals surface area contributed by atoms with Gasteiger partial charge in [-0.05, 0) is 35.4 Å². The van der Waals surface area contributed by atoms with Crippen LogP contribution in [0.25, 0.3) is 0 Å². The molecule has 0 fully saturated rings. The number of amides is 2. The fourth-order valence-electron chi connectivity index (χ4n) is 3.95. The molecule has 0 atom stereocenters. The second-order valence-electron chi connectivity index (χ2n) is 7.82. The highest BCUT2D eigenvalue weighted by Crippen LogP contribution is 2.24. The summed E-state index contributed by atoms with van der Waals surface area (Å²) < 4.78 is 1.91. The normalized spacial score (nSPS) is 12.9. The number of hydroxylamine groups is 2. The summed E-state index contributed by atoms with van der Waals surface area (Å²) in [5.41, 5.74) is 4.18. The first-order chi connectivity index (χ1) is 16.1. The number of phenolic OH excluding ortho intramolecular Hbond substituents is 1. The van der Waals surface area contributed by atoms with Crippen LogP contribution in [0.1, 0.15) is 43.2 Å². The van der Waals surface area contributed by atoms with Gasteiger partial charge in [0.15, 0.2) is 0 Å². The second kappa shape index (κ2) is 8.72. The third kappa shape index (κ3) is 4.14. The molecule has 7 nitrogen and oxygen atoms in total. The number of aromatic hydroxyl groups is 1. The molecule has 0 unspecified atom stereocenters. The molecular formula is C26H21N3O4. The number of imidazole rings is 1. The lowest BCUT2D eigenvalue weighted by Gasteiger charge is -2.16. The molecule has 1 aliphatic heterocycles. The summed E-state index contributed by atoms with van der Waals surface area (Å²) >= 11 is 0. The Morgan fingerprint density at radius 2 is 1.48 bits per heavy atom. The van der Waals surface area contributed by atoms with Gasteiger partial charge in [0.1, 0.15) is 12.4 Å². The SMILES string of the molecule is O=C1c2ccccc2C(=O)N1OCc1c(Cc2ccccc2)ncn1Cc1cccc(O)c1. The van der Waals surface area contributed by atoms with Gasteiger partial charge in [0.05, 0.1) is 28.8 Å². The molecule has 0 radical (unpaired) electrons. The van der Waals surface area contributed by atoms with Crippen LogP contribution in [0.2, 0.25) is 0 Å². The van der Waals surface area contributed by atoms with E-state index in [2.05, 4.69) is 4.98 Å². The summed E-state index contributed by atoms with van der Waals surface area (Å²) in [5, 5.41) is 10.6. The number of hydrogen-bond acceptors (Lipinski definition) is 5. The summed E-state index contributed by atoms with van der Waals surface area (Å²) in [6.45, 7) is 0.448. The number of carbonyl (C=O) groups excluding carboxylic acids is 2. The van der Waals surface area contributed by atoms with Crippen molar-refractivity contribution in [1.82, 2.24) is 14.6 Å². The van der Waals surface area contributed by atoms with Gasteiger partial charge in [-0.15, -0.1) is 5.06 Å². The molecule has 4 aromatic rings. The van der Waals surface area contributed by atoms with Gasteiger partial charge in [-0.1, -0.05) is 54.6 Å². The minimum absolute atomic E-state index is 0.00749. The van der Waals surface area contributed by atoms with Crippen LogP contribution < -0.4 is 0 Å². The molecule has 7 heteroatoms. The van der Waals surface area contributed by atoms with E-state index < -0.39 is 11.8 Å². The number of hydrogen-bond donors (Lipinski definition) is 1. The van der Waals surface area contributed by atoms with Gasteiger partial charge in [0.25, 0.3) is 11.8 Å². The Labute approximate surface area is 190 Å². The molecule has 164 valence electrons. The zero-order valence-corrected chi connectivity index (χ0v) is 17.7. The molecule has 0 aliphatic carbocycles. The summed E-state index contributed by atoms with van der Waals surface area (Å²) in [6, 6.07) is 23.6. The lowest BCUT2D eigenvalue weighted by Crippen LogP contribution is -2.30. The average Bonchev–Trinajstić information content (AvgIpc) is 3.31. The number of phenols is 1. The summed E-state index contributed by atoms with van der Waals surface area (Å²) in [4.78, 5) is 35.7. The van der Waals surface area contributed by atoms with E-state index in [0.717, 1.165) is 27.6 Å². The first kappa shape index (κ1) is 20.7. The predicted octanol–water partition coefficient (Wildman–Crippen LogP) is 3.96. The Morgan fingerprint density at radius 3 is 2.18 bits per heavy atom. The van der Waals surface area contributed by atoms with Crippen molar-refractivity contribution in [2.24, 2.45) is 0 Å². The minimum atomic E-state index is -0.473. The van der Waals surface area contributed by atoms with Gasteiger partial charge < -0.3 is 9.67 Å². The monoisotopic (exact) mass is 439 g/mol. The first-order valence-electron chi connectivity index (χ1n) is 10.6. The summed E-state index contributed by atoms with van der Waals surface area (Å²) in [5.74, 6) is -0.764. The number of imide groups is 1. The first-order valence-corrected chi connectivity index (χ1v) is 10.6. The molecule has 3 aromatic carbocycles. The van der Waals surface area contributed by atoms with Crippen molar-refractivity contribution in [2.45, 2.75) is 19.6 Å². The molecule has 1 aliphatic rings. The van der Waals surface area contributed by atoms with Crippen molar-refractivity contribution in [2.75, 3.05) is 0 Å². The van der Waals surface area contributed by atoms with Gasteiger partial charge in [-0.25, -0.2) is 4.98 Å². The standard InChI is InChI=1S/C26H21N3O4/c30-20-10-6-9-19(13-20)15-28-17-27-23(14-18-7-2-1-3-8-18)24(28)16-33-29-25(31)21-11-4-5-12-22(21)26(29)32/h1-13,17,30H,14-16H2. The van der Waals surface area contributed by atoms with E-state index >= 15 is 0 Å². The van der Waals surface area contributed by atoms with Gasteiger partial charge in [-0.2, -0.15) is 0 Å². The maximum absolute atomic E-state index is 12.7. The third-order valence-electron chi connectivity index (χ3n) is 5.60. The van der Waals surface area contributed by atoms with E-state index in [4.69, 9.17) is 4.84 Å². The Bertz CT molecular complexity index is 1300. The van der Waals surface area contributed by atoms with Crippen LogP contribution in [0.4, 0.5) is 0 Å². The quantitative estimate of drug-likeness (QED) is 0.441. The van der Waals surface area contributed by atoms with E-state index in [1.807, 2.05) is 41.0 Å². The number of rotatable bonds is 7. The summed E-state index contributed by atoms with van der Waals surface area (Å²) in [6.07, 6.45) is 2.29. The van der Waals surface area contributed by atoms with Crippen molar-refractivity contribution < 1.29 is 19.5 Å². The largest absolute Gasteiger partial charge is 0.508 e. The highest BCUT2D eigenvalue weighted by Gasteiger charge is 2.36. The number of nitrogens with zero attached hydrogens (tertiary/aromatic N) is 3. The maximum atomic E-state index is 12.7. The molecule has 1 aromatic heterocycles. The average molecular weight is 439 g/mol. The molecular weight excluding hydrogens is 418 g/mol. The van der Waals surface area contributed by atoms with Gasteiger partial charge >= 0.3 is 0 Å². The number of aromatic nitrogens is 2. The van der Waals surface area contributed by atoms with E-state index in [1.165, 1.54) is 0 Å². The van der Waals surface area contributed by atoms with Crippen LogP contribution in [0.15, 0.2) is 85.2 Å². The minimum Gasteiger partial charge on any atom is -0.508 e. The van der Waals surface area contributed by atoms with Gasteiger partial charge in [0.2, 0.25) is 0 Å². The zero-order chi connectivity index (χ0) is 22.8. The van der Waals surface area contributed by atoms with Crippen LogP contribution in [-0.4, -0.2) is 31.5 Å². The van der Waals surface area contributed by atoms with E-state index in [-0.39, 0.29) is 12.4 Å². The van der Waals surface area contributed by atoms with Gasteiger partial charge in [0, 0.05) is 13.0 Å². The molecule has 33 heavy (non-hydrogen) atoms. The van der Waals surface area contributed by atoms with Crippen molar-refractivity contribution >= 4 is 11.8 Å². The van der Waals surface area contributed by atoms with Crippen molar-refractivity contribution in [1.29, 1.82) is 0 Å². The fourth-order valence-corrected chi connectivity index (χ4v) is 3.95. The van der Waals surface area contributed by atoms with Crippen molar-refractivity contribution in [3.05, 3.63) is 119 Å². The highest BCUT2D eigenvalue weighted by atomic mass is 16.7. The predicted molar refractivity (Wildman–Crippen MR) is 120 cm³/mol. The zero-order valence-electron chi connectivity index (χ0n) is 17.7. The van der Waals surface area contributed by atoms with Gasteiger partial charge in [-0.3, -0.25) is 14.4 Å². The number of carbonyl (C=O) groups is 2. The Kier molecular flexibility index (Phi) is 5.46. The van der Waals surface area contributed by atoms with Crippen LogP contribution in [0.3, 0.4) is 0 Å². The third-order valence-corrected chi connectivity index (χ3v) is 5.60. The van der Waals surface area contributed by atoms with E-state index in [1.54, 1.807) is 48.8 Å². The molecule has 2 amide bonds. The van der Waals surface area contributed by atoms with Crippen molar-refractivity contribution in [3.63, 3.8) is 0 Å². The Morgan fingerprint density at radius 1 is 0.818 bits per heavy atom. The number of fused-ring (bicyclic) bond motifs is 1. The molecule has 5 rings (SSSR count). The highest BCUT2D eigenvalue weighted by molar-refractivity contribution is 6.20. The van der Waals surface area contributed by atoms with E-state index in [0.29, 0.717) is 24.1 Å². The molecule has 0 saturated heterocycles. The molecule has 0 spiro atoms. The lowest BCUT2D eigenvalue weighted by molar-refractivity contribution is -0.102. The number of benzene rings is 3. The maximum Gasteiger partial charge on any atom is 0.285 e.